The van der Waals surface area contributed by atoms with Gasteiger partial charge in [0.05, 0.1) is 0 Å². The lowest BCUT2D eigenvalue weighted by Crippen LogP contribution is -1.96. The molecule has 4 heteroatoms. The van der Waals surface area contributed by atoms with E-state index >= 15 is 0 Å². The Hall–Kier alpha value is -1.51. The zero-order chi connectivity index (χ0) is 13.1. The van der Waals surface area contributed by atoms with Crippen molar-refractivity contribution in [2.45, 2.75) is 0 Å². The van der Waals surface area contributed by atoms with Crippen LogP contribution < -0.4 is 5.73 Å². The van der Waals surface area contributed by atoms with E-state index in [0.717, 1.165) is 16.7 Å². The van der Waals surface area contributed by atoms with Crippen molar-refractivity contribution in [2.24, 2.45) is 4.99 Å². The van der Waals surface area contributed by atoms with Crippen molar-refractivity contribution in [1.82, 2.24) is 0 Å². The van der Waals surface area contributed by atoms with Crippen LogP contribution in [-0.2, 0) is 0 Å². The molecular formula is C14H12Cl2N2. The molecule has 0 radical (unpaired) electrons. The minimum absolute atomic E-state index is 0.583. The second-order valence-corrected chi connectivity index (χ2v) is 4.66. The highest BCUT2D eigenvalue weighted by atomic mass is 35.5. The third kappa shape index (κ3) is 2.50. The van der Waals surface area contributed by atoms with Crippen molar-refractivity contribution in [3.63, 3.8) is 0 Å². The smallest absolute Gasteiger partial charge is 0.0499 e. The zero-order valence-corrected chi connectivity index (χ0v) is 11.3. The number of hydrogen-bond donors (Lipinski definition) is 1. The normalized spacial score (nSPS) is 11.1. The predicted molar refractivity (Wildman–Crippen MR) is 79.8 cm³/mol. The maximum Gasteiger partial charge on any atom is 0.0499 e. The lowest BCUT2D eigenvalue weighted by molar-refractivity contribution is 1.46. The van der Waals surface area contributed by atoms with Gasteiger partial charge in [-0.2, -0.15) is 0 Å². The molecule has 0 aliphatic carbocycles. The maximum absolute atomic E-state index is 6.19. The summed E-state index contributed by atoms with van der Waals surface area (Å²) < 4.78 is 0. The van der Waals surface area contributed by atoms with Crippen LogP contribution in [0.2, 0.25) is 10.0 Å². The fraction of sp³-hybridized carbons (Fsp3) is 0.0714. The third-order valence-corrected chi connectivity index (χ3v) is 3.18. The van der Waals surface area contributed by atoms with Crippen LogP contribution in [0.4, 0.5) is 5.69 Å². The van der Waals surface area contributed by atoms with E-state index in [2.05, 4.69) is 4.99 Å². The molecule has 2 aromatic rings. The average Bonchev–Trinajstić information content (AvgIpc) is 2.33. The first kappa shape index (κ1) is 12.9. The number of anilines is 1. The molecule has 92 valence electrons. The number of aliphatic imine (C=N–C) groups is 1. The molecule has 0 heterocycles. The summed E-state index contributed by atoms with van der Waals surface area (Å²) in [6.07, 6.45) is 1.72. The predicted octanol–water partition coefficient (Wildman–Crippen LogP) is 4.29. The molecule has 0 aromatic heterocycles. The number of hydrogen-bond acceptors (Lipinski definition) is 2. The third-order valence-electron chi connectivity index (χ3n) is 2.63. The molecule has 0 spiro atoms. The van der Waals surface area contributed by atoms with Gasteiger partial charge in [0.1, 0.15) is 0 Å². The number of halogens is 2. The maximum atomic E-state index is 6.19. The van der Waals surface area contributed by atoms with Crippen molar-refractivity contribution in [1.29, 1.82) is 0 Å². The monoisotopic (exact) mass is 278 g/mol. The Labute approximate surface area is 116 Å². The first-order valence-corrected chi connectivity index (χ1v) is 6.15. The highest BCUT2D eigenvalue weighted by Crippen LogP contribution is 2.34. The molecule has 0 amide bonds. The Balaban J connectivity index is 2.60. The van der Waals surface area contributed by atoms with E-state index in [1.165, 1.54) is 0 Å². The molecule has 18 heavy (non-hydrogen) atoms. The molecule has 0 aliphatic rings. The molecule has 2 rings (SSSR count). The first-order chi connectivity index (χ1) is 8.63. The fourth-order valence-corrected chi connectivity index (χ4v) is 2.29. The summed E-state index contributed by atoms with van der Waals surface area (Å²) in [6.45, 7) is 0. The SMILES string of the molecule is CN=Cc1cccc(-c2ccc(Cl)cc2Cl)c1N. The van der Waals surface area contributed by atoms with Gasteiger partial charge in [-0.25, -0.2) is 0 Å². The van der Waals surface area contributed by atoms with Gasteiger partial charge >= 0.3 is 0 Å². The van der Waals surface area contributed by atoms with Gasteiger partial charge in [-0.05, 0) is 12.1 Å². The van der Waals surface area contributed by atoms with Gasteiger partial charge in [0.25, 0.3) is 0 Å². The van der Waals surface area contributed by atoms with Crippen molar-refractivity contribution in [2.75, 3.05) is 12.8 Å². The lowest BCUT2D eigenvalue weighted by Gasteiger charge is -2.10. The van der Waals surface area contributed by atoms with E-state index in [-0.39, 0.29) is 0 Å². The second-order valence-electron chi connectivity index (χ2n) is 3.82. The summed E-state index contributed by atoms with van der Waals surface area (Å²) in [4.78, 5) is 3.98. The standard InChI is InChI=1S/C14H12Cl2N2/c1-18-8-9-3-2-4-12(14(9)17)11-6-5-10(15)7-13(11)16/h2-8H,17H2,1H3. The molecule has 0 aliphatic heterocycles. The van der Waals surface area contributed by atoms with Crippen LogP contribution in [-0.4, -0.2) is 13.3 Å². The Bertz CT molecular complexity index is 607. The van der Waals surface area contributed by atoms with Crippen LogP contribution in [0.5, 0.6) is 0 Å². The van der Waals surface area contributed by atoms with Crippen molar-refractivity contribution >= 4 is 35.1 Å². The molecule has 0 unspecified atom stereocenters. The van der Waals surface area contributed by atoms with Crippen LogP contribution in [0.3, 0.4) is 0 Å². The number of nitrogens with two attached hydrogens (primary N) is 1. The summed E-state index contributed by atoms with van der Waals surface area (Å²) in [5.41, 5.74) is 9.41. The van der Waals surface area contributed by atoms with Crippen molar-refractivity contribution in [3.05, 3.63) is 52.0 Å². The number of benzene rings is 2. The van der Waals surface area contributed by atoms with Crippen LogP contribution in [0.15, 0.2) is 41.4 Å². The minimum atomic E-state index is 0.583. The highest BCUT2D eigenvalue weighted by Gasteiger charge is 2.09. The quantitative estimate of drug-likeness (QED) is 0.646. The van der Waals surface area contributed by atoms with Crippen molar-refractivity contribution < 1.29 is 0 Å². The highest BCUT2D eigenvalue weighted by molar-refractivity contribution is 6.36. The topological polar surface area (TPSA) is 38.4 Å². The summed E-state index contributed by atoms with van der Waals surface area (Å²) in [5, 5.41) is 1.19. The van der Waals surface area contributed by atoms with Crippen molar-refractivity contribution in [3.8, 4) is 11.1 Å². The van der Waals surface area contributed by atoms with Gasteiger partial charge in [0.2, 0.25) is 0 Å². The van der Waals surface area contributed by atoms with Crippen LogP contribution in [0, 0.1) is 0 Å². The molecule has 2 aromatic carbocycles. The lowest BCUT2D eigenvalue weighted by atomic mass is 10.0. The largest absolute Gasteiger partial charge is 0.398 e. The molecule has 2 nitrogen and oxygen atoms in total. The van der Waals surface area contributed by atoms with Gasteiger partial charge in [-0.15, -0.1) is 0 Å². The number of nitrogen functional groups attached to an aromatic ring is 1. The molecule has 0 saturated carbocycles. The molecular weight excluding hydrogens is 267 g/mol. The van der Waals surface area contributed by atoms with E-state index in [4.69, 9.17) is 28.9 Å². The van der Waals surface area contributed by atoms with E-state index in [1.54, 1.807) is 25.4 Å². The Morgan fingerprint density at radius 3 is 2.56 bits per heavy atom. The molecule has 2 N–H and O–H groups in total. The zero-order valence-electron chi connectivity index (χ0n) is 9.82. The summed E-state index contributed by atoms with van der Waals surface area (Å²) >= 11 is 12.1. The molecule has 0 fully saturated rings. The van der Waals surface area contributed by atoms with Crippen LogP contribution in [0.25, 0.3) is 11.1 Å². The van der Waals surface area contributed by atoms with Gasteiger partial charge in [-0.1, -0.05) is 47.5 Å². The molecule has 0 saturated heterocycles. The fourth-order valence-electron chi connectivity index (χ4n) is 1.78. The van der Waals surface area contributed by atoms with E-state index in [0.29, 0.717) is 15.7 Å². The summed E-state index contributed by atoms with van der Waals surface area (Å²) in [5.74, 6) is 0. The van der Waals surface area contributed by atoms with Gasteiger partial charge in [0.15, 0.2) is 0 Å². The van der Waals surface area contributed by atoms with E-state index in [1.807, 2.05) is 24.3 Å². The Kier molecular flexibility index (Phi) is 3.90. The number of nitrogens with zero attached hydrogens (tertiary/aromatic N) is 1. The second kappa shape index (κ2) is 5.42. The van der Waals surface area contributed by atoms with E-state index in [9.17, 15) is 0 Å². The summed E-state index contributed by atoms with van der Waals surface area (Å²) in [6, 6.07) is 11.1. The summed E-state index contributed by atoms with van der Waals surface area (Å²) in [7, 11) is 1.71. The molecule has 0 bridgehead atoms. The Morgan fingerprint density at radius 1 is 1.11 bits per heavy atom. The average molecular weight is 279 g/mol. The van der Waals surface area contributed by atoms with Crippen LogP contribution >= 0.6 is 23.2 Å². The van der Waals surface area contributed by atoms with Gasteiger partial charge < -0.3 is 5.73 Å². The number of rotatable bonds is 2. The van der Waals surface area contributed by atoms with Gasteiger partial charge in [0, 0.05) is 45.7 Å². The first-order valence-electron chi connectivity index (χ1n) is 5.39. The Morgan fingerprint density at radius 2 is 1.89 bits per heavy atom. The number of para-hydroxylation sites is 1. The minimum Gasteiger partial charge on any atom is -0.398 e. The molecule has 0 atom stereocenters. The van der Waals surface area contributed by atoms with Gasteiger partial charge in [-0.3, -0.25) is 4.99 Å². The van der Waals surface area contributed by atoms with E-state index < -0.39 is 0 Å². The van der Waals surface area contributed by atoms with Crippen LogP contribution in [0.1, 0.15) is 5.56 Å².